The summed E-state index contributed by atoms with van der Waals surface area (Å²) in [6, 6.07) is 10.3. The fourth-order valence-electron chi connectivity index (χ4n) is 3.77. The van der Waals surface area contributed by atoms with Crippen molar-refractivity contribution < 1.29 is 0 Å². The van der Waals surface area contributed by atoms with Gasteiger partial charge in [0, 0.05) is 30.9 Å². The average Bonchev–Trinajstić information content (AvgIpc) is 2.53. The molecule has 1 saturated carbocycles. The smallest absolute Gasteiger partial charge is 0.0401 e. The number of hydrogen-bond acceptors (Lipinski definition) is 2. The van der Waals surface area contributed by atoms with E-state index >= 15 is 0 Å². The van der Waals surface area contributed by atoms with Crippen LogP contribution in [0.5, 0.6) is 0 Å². The zero-order chi connectivity index (χ0) is 13.8. The Morgan fingerprint density at radius 2 is 1.95 bits per heavy atom. The molecule has 110 valence electrons. The summed E-state index contributed by atoms with van der Waals surface area (Å²) in [5.74, 6) is 0. The minimum atomic E-state index is 0.596. The Bertz CT molecular complexity index is 423. The van der Waals surface area contributed by atoms with Crippen molar-refractivity contribution in [1.82, 2.24) is 5.32 Å². The molecule has 1 unspecified atom stereocenters. The van der Waals surface area contributed by atoms with E-state index < -0.39 is 0 Å². The molecule has 1 aliphatic carbocycles. The standard InChI is InChI=1S/C18H28N2/c1-15(14-19-17-10-3-2-4-11-17)20-13-7-9-16-8-5-6-12-18(16)20/h5-6,8,12,15,17,19H,2-4,7,9-11,13-14H2,1H3. The van der Waals surface area contributed by atoms with Gasteiger partial charge in [-0.05, 0) is 44.2 Å². The molecule has 0 saturated heterocycles. The van der Waals surface area contributed by atoms with Crippen molar-refractivity contribution in [2.24, 2.45) is 0 Å². The van der Waals surface area contributed by atoms with Crippen LogP contribution in [0.1, 0.15) is 51.0 Å². The van der Waals surface area contributed by atoms with E-state index in [4.69, 9.17) is 0 Å². The lowest BCUT2D eigenvalue weighted by Gasteiger charge is -2.37. The van der Waals surface area contributed by atoms with Gasteiger partial charge in [-0.2, -0.15) is 0 Å². The molecule has 20 heavy (non-hydrogen) atoms. The highest BCUT2D eigenvalue weighted by atomic mass is 15.2. The first kappa shape index (κ1) is 13.9. The molecule has 1 aliphatic heterocycles. The van der Waals surface area contributed by atoms with Gasteiger partial charge in [0.05, 0.1) is 0 Å². The quantitative estimate of drug-likeness (QED) is 0.898. The normalized spacial score (nSPS) is 21.6. The Hall–Kier alpha value is -1.02. The molecule has 3 rings (SSSR count). The first-order chi connectivity index (χ1) is 9.84. The second-order valence-electron chi connectivity index (χ2n) is 6.52. The van der Waals surface area contributed by atoms with Crippen LogP contribution in [0, 0.1) is 0 Å². The van der Waals surface area contributed by atoms with Crippen molar-refractivity contribution in [1.29, 1.82) is 0 Å². The molecule has 0 amide bonds. The van der Waals surface area contributed by atoms with E-state index in [9.17, 15) is 0 Å². The Morgan fingerprint density at radius 1 is 1.15 bits per heavy atom. The van der Waals surface area contributed by atoms with Crippen molar-refractivity contribution in [2.45, 2.75) is 64.0 Å². The Morgan fingerprint density at radius 3 is 2.80 bits per heavy atom. The molecule has 0 spiro atoms. The third-order valence-electron chi connectivity index (χ3n) is 4.99. The van der Waals surface area contributed by atoms with E-state index in [0.29, 0.717) is 6.04 Å². The molecule has 1 heterocycles. The van der Waals surface area contributed by atoms with Gasteiger partial charge >= 0.3 is 0 Å². The van der Waals surface area contributed by atoms with Gasteiger partial charge in [0.1, 0.15) is 0 Å². The topological polar surface area (TPSA) is 15.3 Å². The lowest BCUT2D eigenvalue weighted by molar-refractivity contribution is 0.363. The summed E-state index contributed by atoms with van der Waals surface area (Å²) >= 11 is 0. The van der Waals surface area contributed by atoms with Crippen molar-refractivity contribution in [3.63, 3.8) is 0 Å². The number of anilines is 1. The van der Waals surface area contributed by atoms with Gasteiger partial charge in [-0.25, -0.2) is 0 Å². The van der Waals surface area contributed by atoms with Gasteiger partial charge in [0.15, 0.2) is 0 Å². The number of para-hydroxylation sites is 1. The van der Waals surface area contributed by atoms with Gasteiger partial charge in [0.25, 0.3) is 0 Å². The van der Waals surface area contributed by atoms with Gasteiger partial charge < -0.3 is 10.2 Å². The highest BCUT2D eigenvalue weighted by Gasteiger charge is 2.22. The summed E-state index contributed by atoms with van der Waals surface area (Å²) in [6.45, 7) is 4.71. The number of aryl methyl sites for hydroxylation is 1. The van der Waals surface area contributed by atoms with Gasteiger partial charge in [-0.15, -0.1) is 0 Å². The zero-order valence-corrected chi connectivity index (χ0v) is 12.8. The maximum absolute atomic E-state index is 3.81. The zero-order valence-electron chi connectivity index (χ0n) is 12.8. The van der Waals surface area contributed by atoms with Crippen LogP contribution < -0.4 is 10.2 Å². The third-order valence-corrected chi connectivity index (χ3v) is 4.99. The van der Waals surface area contributed by atoms with E-state index in [1.807, 2.05) is 0 Å². The molecule has 1 aromatic rings. The Balaban J connectivity index is 1.58. The molecule has 2 aliphatic rings. The Labute approximate surface area is 123 Å². The lowest BCUT2D eigenvalue weighted by Crippen LogP contribution is -2.46. The second kappa shape index (κ2) is 6.62. The fourth-order valence-corrected chi connectivity index (χ4v) is 3.77. The first-order valence-corrected chi connectivity index (χ1v) is 8.42. The number of fused-ring (bicyclic) bond motifs is 1. The van der Waals surface area contributed by atoms with Crippen LogP contribution in [0.3, 0.4) is 0 Å². The molecule has 0 bridgehead atoms. The van der Waals surface area contributed by atoms with Crippen LogP contribution in [0.25, 0.3) is 0 Å². The predicted octanol–water partition coefficient (Wildman–Crippen LogP) is 3.75. The highest BCUT2D eigenvalue weighted by molar-refractivity contribution is 5.56. The fraction of sp³-hybridized carbons (Fsp3) is 0.667. The average molecular weight is 272 g/mol. The van der Waals surface area contributed by atoms with Crippen molar-refractivity contribution >= 4 is 5.69 Å². The number of nitrogens with zero attached hydrogens (tertiary/aromatic N) is 1. The van der Waals surface area contributed by atoms with E-state index in [1.54, 1.807) is 0 Å². The second-order valence-corrected chi connectivity index (χ2v) is 6.52. The van der Waals surface area contributed by atoms with E-state index in [2.05, 4.69) is 41.4 Å². The summed E-state index contributed by atoms with van der Waals surface area (Å²) in [4.78, 5) is 2.61. The maximum Gasteiger partial charge on any atom is 0.0401 e. The lowest BCUT2D eigenvalue weighted by atomic mass is 9.95. The maximum atomic E-state index is 3.81. The van der Waals surface area contributed by atoms with Gasteiger partial charge in [-0.1, -0.05) is 37.5 Å². The highest BCUT2D eigenvalue weighted by Crippen LogP contribution is 2.28. The SMILES string of the molecule is CC(CNC1CCCCC1)N1CCCc2ccccc21. The van der Waals surface area contributed by atoms with E-state index in [0.717, 1.165) is 12.6 Å². The van der Waals surface area contributed by atoms with Crippen LogP contribution in [-0.4, -0.2) is 25.2 Å². The molecular formula is C18H28N2. The summed E-state index contributed by atoms with van der Waals surface area (Å²) < 4.78 is 0. The van der Waals surface area contributed by atoms with Crippen LogP contribution in [0.2, 0.25) is 0 Å². The monoisotopic (exact) mass is 272 g/mol. The summed E-state index contributed by atoms with van der Waals surface area (Å²) in [5.41, 5.74) is 3.00. The minimum Gasteiger partial charge on any atom is -0.367 e. The number of hydrogen-bond donors (Lipinski definition) is 1. The molecule has 1 aromatic carbocycles. The molecule has 1 atom stereocenters. The number of benzene rings is 1. The summed E-state index contributed by atoms with van der Waals surface area (Å²) in [7, 11) is 0. The van der Waals surface area contributed by atoms with Crippen LogP contribution in [-0.2, 0) is 6.42 Å². The molecule has 0 radical (unpaired) electrons. The van der Waals surface area contributed by atoms with Crippen molar-refractivity contribution in [3.8, 4) is 0 Å². The summed E-state index contributed by atoms with van der Waals surface area (Å²) in [6.07, 6.45) is 9.57. The van der Waals surface area contributed by atoms with Crippen molar-refractivity contribution in [2.75, 3.05) is 18.0 Å². The molecule has 2 heteroatoms. The molecule has 1 N–H and O–H groups in total. The largest absolute Gasteiger partial charge is 0.367 e. The molecule has 1 fully saturated rings. The first-order valence-electron chi connectivity index (χ1n) is 8.42. The third kappa shape index (κ3) is 3.17. The molecular weight excluding hydrogens is 244 g/mol. The van der Waals surface area contributed by atoms with Crippen molar-refractivity contribution in [3.05, 3.63) is 29.8 Å². The van der Waals surface area contributed by atoms with E-state index in [-0.39, 0.29) is 0 Å². The van der Waals surface area contributed by atoms with Crippen LogP contribution in [0.15, 0.2) is 24.3 Å². The number of nitrogens with one attached hydrogen (secondary N) is 1. The van der Waals surface area contributed by atoms with E-state index in [1.165, 1.54) is 62.7 Å². The Kier molecular flexibility index (Phi) is 4.62. The van der Waals surface area contributed by atoms with Crippen LogP contribution in [0.4, 0.5) is 5.69 Å². The molecule has 2 nitrogen and oxygen atoms in total. The van der Waals surface area contributed by atoms with Crippen LogP contribution >= 0.6 is 0 Å². The number of rotatable bonds is 4. The minimum absolute atomic E-state index is 0.596. The van der Waals surface area contributed by atoms with Gasteiger partial charge in [0.2, 0.25) is 0 Å². The van der Waals surface area contributed by atoms with Gasteiger partial charge in [-0.3, -0.25) is 0 Å². The molecule has 0 aromatic heterocycles. The summed E-state index contributed by atoms with van der Waals surface area (Å²) in [5, 5.41) is 3.81. The predicted molar refractivity (Wildman–Crippen MR) is 86.4 cm³/mol.